The lowest BCUT2D eigenvalue weighted by molar-refractivity contribution is -0.100. The topological polar surface area (TPSA) is 55.5 Å². The van der Waals surface area contributed by atoms with Crippen LogP contribution >= 0.6 is 0 Å². The predicted molar refractivity (Wildman–Crippen MR) is 46.3 cm³/mol. The van der Waals surface area contributed by atoms with Gasteiger partial charge in [-0.05, 0) is 5.56 Å². The molecule has 0 saturated carbocycles. The van der Waals surface area contributed by atoms with Crippen LogP contribution in [0.25, 0.3) is 0 Å². The van der Waals surface area contributed by atoms with Crippen molar-refractivity contribution < 1.29 is 9.84 Å². The van der Waals surface area contributed by atoms with Gasteiger partial charge >= 0.3 is 0 Å². The Hall–Kier alpha value is -0.900. The van der Waals surface area contributed by atoms with Crippen LogP contribution in [0.4, 0.5) is 0 Å². The molecule has 0 amide bonds. The maximum atomic E-state index is 8.97. The van der Waals surface area contributed by atoms with E-state index in [2.05, 4.69) is 0 Å². The first kappa shape index (κ1) is 9.19. The van der Waals surface area contributed by atoms with Gasteiger partial charge < -0.3 is 15.6 Å². The lowest BCUT2D eigenvalue weighted by atomic mass is 10.2. The number of nitrogens with two attached hydrogens (primary N) is 1. The molecule has 1 aromatic carbocycles. The van der Waals surface area contributed by atoms with E-state index in [1.807, 2.05) is 30.3 Å². The summed E-state index contributed by atoms with van der Waals surface area (Å²) in [6.07, 6.45) is -0.856. The zero-order valence-corrected chi connectivity index (χ0v) is 6.81. The molecule has 3 N–H and O–H groups in total. The summed E-state index contributed by atoms with van der Waals surface area (Å²) in [6, 6.07) is 9.65. The second-order valence-corrected chi connectivity index (χ2v) is 2.49. The van der Waals surface area contributed by atoms with Gasteiger partial charge in [-0.15, -0.1) is 0 Å². The summed E-state index contributed by atoms with van der Waals surface area (Å²) in [5.74, 6) is 0. The van der Waals surface area contributed by atoms with E-state index in [-0.39, 0.29) is 6.54 Å². The number of benzene rings is 1. The summed E-state index contributed by atoms with van der Waals surface area (Å²) < 4.78 is 5.01. The van der Waals surface area contributed by atoms with Crippen molar-refractivity contribution >= 4 is 0 Å². The van der Waals surface area contributed by atoms with Gasteiger partial charge in [0.15, 0.2) is 6.29 Å². The molecule has 0 heterocycles. The van der Waals surface area contributed by atoms with Crippen LogP contribution in [0.2, 0.25) is 0 Å². The lowest BCUT2D eigenvalue weighted by Gasteiger charge is -2.08. The van der Waals surface area contributed by atoms with Crippen LogP contribution in [0.5, 0.6) is 0 Å². The minimum Gasteiger partial charge on any atom is -0.367 e. The summed E-state index contributed by atoms with van der Waals surface area (Å²) in [4.78, 5) is 0. The molecular formula is C9H13NO2. The molecule has 0 bridgehead atoms. The van der Waals surface area contributed by atoms with Crippen LogP contribution in [-0.2, 0) is 11.3 Å². The second kappa shape index (κ2) is 4.87. The van der Waals surface area contributed by atoms with Crippen molar-refractivity contribution in [2.24, 2.45) is 5.73 Å². The molecule has 0 aliphatic rings. The molecule has 0 aromatic heterocycles. The number of aliphatic hydroxyl groups excluding tert-OH is 1. The second-order valence-electron chi connectivity index (χ2n) is 2.49. The van der Waals surface area contributed by atoms with Crippen molar-refractivity contribution in [3.8, 4) is 0 Å². The minimum atomic E-state index is -0.856. The zero-order valence-electron chi connectivity index (χ0n) is 6.81. The third kappa shape index (κ3) is 3.00. The van der Waals surface area contributed by atoms with Crippen molar-refractivity contribution in [3.05, 3.63) is 35.9 Å². The molecule has 3 heteroatoms. The van der Waals surface area contributed by atoms with Gasteiger partial charge in [0, 0.05) is 6.54 Å². The average molecular weight is 167 g/mol. The molecule has 0 spiro atoms. The van der Waals surface area contributed by atoms with E-state index in [1.165, 1.54) is 0 Å². The van der Waals surface area contributed by atoms with E-state index in [0.717, 1.165) is 5.56 Å². The first-order chi connectivity index (χ1) is 5.83. The number of ether oxygens (including phenoxy) is 1. The molecule has 0 saturated heterocycles. The van der Waals surface area contributed by atoms with Crippen LogP contribution in [-0.4, -0.2) is 17.9 Å². The third-order valence-electron chi connectivity index (χ3n) is 1.49. The fraction of sp³-hybridized carbons (Fsp3) is 0.333. The van der Waals surface area contributed by atoms with E-state index in [9.17, 15) is 0 Å². The highest BCUT2D eigenvalue weighted by Crippen LogP contribution is 2.01. The van der Waals surface area contributed by atoms with Gasteiger partial charge in [0.25, 0.3) is 0 Å². The van der Waals surface area contributed by atoms with Gasteiger partial charge in [-0.2, -0.15) is 0 Å². The van der Waals surface area contributed by atoms with Crippen molar-refractivity contribution in [2.75, 3.05) is 6.54 Å². The Morgan fingerprint density at radius 1 is 1.33 bits per heavy atom. The van der Waals surface area contributed by atoms with Crippen LogP contribution in [0.3, 0.4) is 0 Å². The molecule has 1 rings (SSSR count). The Bertz CT molecular complexity index is 213. The van der Waals surface area contributed by atoms with Gasteiger partial charge in [0.1, 0.15) is 0 Å². The van der Waals surface area contributed by atoms with Crippen LogP contribution in [0.15, 0.2) is 30.3 Å². The van der Waals surface area contributed by atoms with Crippen molar-refractivity contribution in [3.63, 3.8) is 0 Å². The number of hydrogen-bond donors (Lipinski definition) is 2. The summed E-state index contributed by atoms with van der Waals surface area (Å²) in [5, 5.41) is 8.97. The first-order valence-corrected chi connectivity index (χ1v) is 3.86. The molecule has 1 aromatic rings. The standard InChI is InChI=1S/C9H13NO2/c10-6-9(11)12-7-8-4-2-1-3-5-8/h1-5,9,11H,6-7,10H2. The Labute approximate surface area is 71.8 Å². The monoisotopic (exact) mass is 167 g/mol. The van der Waals surface area contributed by atoms with Crippen molar-refractivity contribution in [1.29, 1.82) is 0 Å². The van der Waals surface area contributed by atoms with E-state index in [4.69, 9.17) is 15.6 Å². The van der Waals surface area contributed by atoms with E-state index in [1.54, 1.807) is 0 Å². The molecule has 0 aliphatic carbocycles. The van der Waals surface area contributed by atoms with E-state index in [0.29, 0.717) is 6.61 Å². The average Bonchev–Trinajstić information content (AvgIpc) is 2.16. The SMILES string of the molecule is NCC(O)OCc1ccccc1. The molecule has 1 unspecified atom stereocenters. The summed E-state index contributed by atoms with van der Waals surface area (Å²) in [7, 11) is 0. The molecule has 0 aliphatic heterocycles. The zero-order chi connectivity index (χ0) is 8.81. The number of rotatable bonds is 4. The van der Waals surface area contributed by atoms with E-state index >= 15 is 0 Å². The Morgan fingerprint density at radius 2 is 2.00 bits per heavy atom. The van der Waals surface area contributed by atoms with Gasteiger partial charge in [0.2, 0.25) is 0 Å². The third-order valence-corrected chi connectivity index (χ3v) is 1.49. The Kier molecular flexibility index (Phi) is 3.73. The van der Waals surface area contributed by atoms with Crippen LogP contribution in [0, 0.1) is 0 Å². The molecule has 0 radical (unpaired) electrons. The van der Waals surface area contributed by atoms with Crippen molar-refractivity contribution in [1.82, 2.24) is 0 Å². The smallest absolute Gasteiger partial charge is 0.167 e. The van der Waals surface area contributed by atoms with E-state index < -0.39 is 6.29 Å². The quantitative estimate of drug-likeness (QED) is 0.641. The fourth-order valence-electron chi connectivity index (χ4n) is 0.835. The molecule has 1 atom stereocenters. The maximum absolute atomic E-state index is 8.97. The lowest BCUT2D eigenvalue weighted by Crippen LogP contribution is -2.22. The predicted octanol–water partition coefficient (Wildman–Crippen LogP) is 0.480. The summed E-state index contributed by atoms with van der Waals surface area (Å²) in [6.45, 7) is 0.534. The van der Waals surface area contributed by atoms with Crippen LogP contribution < -0.4 is 5.73 Å². The summed E-state index contributed by atoms with van der Waals surface area (Å²) in [5.41, 5.74) is 6.19. The van der Waals surface area contributed by atoms with Gasteiger partial charge in [-0.25, -0.2) is 0 Å². The normalized spacial score (nSPS) is 12.8. The summed E-state index contributed by atoms with van der Waals surface area (Å²) >= 11 is 0. The first-order valence-electron chi connectivity index (χ1n) is 3.86. The van der Waals surface area contributed by atoms with Crippen molar-refractivity contribution in [2.45, 2.75) is 12.9 Å². The Balaban J connectivity index is 2.33. The number of hydrogen-bond acceptors (Lipinski definition) is 3. The van der Waals surface area contributed by atoms with Gasteiger partial charge in [-0.1, -0.05) is 30.3 Å². The maximum Gasteiger partial charge on any atom is 0.167 e. The molecular weight excluding hydrogens is 154 g/mol. The highest BCUT2D eigenvalue weighted by Gasteiger charge is 1.99. The van der Waals surface area contributed by atoms with Gasteiger partial charge in [0.05, 0.1) is 6.61 Å². The molecule has 3 nitrogen and oxygen atoms in total. The highest BCUT2D eigenvalue weighted by molar-refractivity contribution is 5.13. The minimum absolute atomic E-state index is 0.132. The highest BCUT2D eigenvalue weighted by atomic mass is 16.6. The Morgan fingerprint density at radius 3 is 2.58 bits per heavy atom. The molecule has 66 valence electrons. The largest absolute Gasteiger partial charge is 0.367 e. The fourth-order valence-corrected chi connectivity index (χ4v) is 0.835. The molecule has 12 heavy (non-hydrogen) atoms. The van der Waals surface area contributed by atoms with Gasteiger partial charge in [-0.3, -0.25) is 0 Å². The van der Waals surface area contributed by atoms with Crippen LogP contribution in [0.1, 0.15) is 5.56 Å². The number of aliphatic hydroxyl groups is 1. The molecule has 0 fully saturated rings.